The first-order chi connectivity index (χ1) is 12.4. The number of carboxylic acids is 1. The van der Waals surface area contributed by atoms with Crippen LogP contribution in [-0.4, -0.2) is 31.2 Å². The maximum absolute atomic E-state index is 12.4. The van der Waals surface area contributed by atoms with Crippen molar-refractivity contribution >= 4 is 11.9 Å². The zero-order chi connectivity index (χ0) is 19.1. The van der Waals surface area contributed by atoms with Crippen LogP contribution in [0.25, 0.3) is 0 Å². The summed E-state index contributed by atoms with van der Waals surface area (Å²) in [5.74, 6) is -0.222. The van der Waals surface area contributed by atoms with Crippen LogP contribution in [0.1, 0.15) is 29.2 Å². The number of amides is 1. The van der Waals surface area contributed by atoms with E-state index in [2.05, 4.69) is 5.32 Å². The summed E-state index contributed by atoms with van der Waals surface area (Å²) in [6, 6.07) is 12.1. The van der Waals surface area contributed by atoms with Gasteiger partial charge in [-0.05, 0) is 30.2 Å². The lowest BCUT2D eigenvalue weighted by Crippen LogP contribution is -2.31. The van der Waals surface area contributed by atoms with Gasteiger partial charge in [0.25, 0.3) is 0 Å². The van der Waals surface area contributed by atoms with Gasteiger partial charge < -0.3 is 19.9 Å². The zero-order valence-corrected chi connectivity index (χ0v) is 15.1. The molecule has 0 saturated heterocycles. The van der Waals surface area contributed by atoms with Crippen LogP contribution in [0.2, 0.25) is 0 Å². The molecule has 6 nitrogen and oxygen atoms in total. The highest BCUT2D eigenvalue weighted by Gasteiger charge is 2.20. The van der Waals surface area contributed by atoms with Crippen molar-refractivity contribution in [2.24, 2.45) is 0 Å². The summed E-state index contributed by atoms with van der Waals surface area (Å²) >= 11 is 0. The molecule has 2 rings (SSSR count). The van der Waals surface area contributed by atoms with Crippen LogP contribution >= 0.6 is 0 Å². The first kappa shape index (κ1) is 19.3. The van der Waals surface area contributed by atoms with Gasteiger partial charge in [0.2, 0.25) is 5.91 Å². The lowest BCUT2D eigenvalue weighted by atomic mass is 10.0. The largest absolute Gasteiger partial charge is 0.493 e. The van der Waals surface area contributed by atoms with Gasteiger partial charge in [-0.1, -0.05) is 35.9 Å². The van der Waals surface area contributed by atoms with Gasteiger partial charge in [0, 0.05) is 0 Å². The van der Waals surface area contributed by atoms with Crippen molar-refractivity contribution in [3.8, 4) is 11.5 Å². The Hall–Kier alpha value is -3.02. The second-order valence-electron chi connectivity index (χ2n) is 5.99. The van der Waals surface area contributed by atoms with Gasteiger partial charge in [0.05, 0.1) is 33.1 Å². The summed E-state index contributed by atoms with van der Waals surface area (Å²) in [6.07, 6.45) is -0.0428. The molecule has 0 spiro atoms. The number of nitrogens with one attached hydrogen (secondary N) is 1. The fourth-order valence-corrected chi connectivity index (χ4v) is 2.63. The molecule has 1 unspecified atom stereocenters. The van der Waals surface area contributed by atoms with E-state index >= 15 is 0 Å². The zero-order valence-electron chi connectivity index (χ0n) is 15.1. The summed E-state index contributed by atoms with van der Waals surface area (Å²) in [5.41, 5.74) is 2.63. The Morgan fingerprint density at radius 2 is 1.69 bits per heavy atom. The molecule has 1 amide bonds. The number of methoxy groups -OCH3 is 2. The van der Waals surface area contributed by atoms with E-state index in [0.717, 1.165) is 11.1 Å². The molecular weight excluding hydrogens is 334 g/mol. The number of aryl methyl sites for hydroxylation is 1. The van der Waals surface area contributed by atoms with E-state index < -0.39 is 12.0 Å². The van der Waals surface area contributed by atoms with Gasteiger partial charge >= 0.3 is 5.97 Å². The van der Waals surface area contributed by atoms with Gasteiger partial charge in [-0.3, -0.25) is 9.59 Å². The molecule has 26 heavy (non-hydrogen) atoms. The van der Waals surface area contributed by atoms with Gasteiger partial charge in [0.1, 0.15) is 0 Å². The van der Waals surface area contributed by atoms with Crippen molar-refractivity contribution in [1.29, 1.82) is 0 Å². The maximum atomic E-state index is 12.4. The van der Waals surface area contributed by atoms with Crippen molar-refractivity contribution in [1.82, 2.24) is 5.32 Å². The van der Waals surface area contributed by atoms with Crippen LogP contribution in [0.5, 0.6) is 11.5 Å². The highest BCUT2D eigenvalue weighted by Crippen LogP contribution is 2.31. The summed E-state index contributed by atoms with van der Waals surface area (Å²) in [6.45, 7) is 1.98. The molecule has 2 N–H and O–H groups in total. The quantitative estimate of drug-likeness (QED) is 0.759. The van der Waals surface area contributed by atoms with Crippen LogP contribution in [0.4, 0.5) is 0 Å². The van der Waals surface area contributed by atoms with Crippen molar-refractivity contribution in [3.05, 3.63) is 59.2 Å². The van der Waals surface area contributed by atoms with E-state index in [1.165, 1.54) is 14.2 Å². The normalized spacial score (nSPS) is 11.5. The number of ether oxygens (including phenoxy) is 2. The Morgan fingerprint density at radius 3 is 2.27 bits per heavy atom. The van der Waals surface area contributed by atoms with E-state index in [1.54, 1.807) is 18.2 Å². The Balaban J connectivity index is 2.17. The number of benzene rings is 2. The second-order valence-corrected chi connectivity index (χ2v) is 5.99. The minimum atomic E-state index is -1.000. The van der Waals surface area contributed by atoms with Crippen molar-refractivity contribution in [3.63, 3.8) is 0 Å². The maximum Gasteiger partial charge on any atom is 0.305 e. The fraction of sp³-hybridized carbons (Fsp3) is 0.300. The summed E-state index contributed by atoms with van der Waals surface area (Å²) in [7, 11) is 3.03. The number of hydrogen-bond acceptors (Lipinski definition) is 4. The Kier molecular flexibility index (Phi) is 6.60. The van der Waals surface area contributed by atoms with E-state index in [-0.39, 0.29) is 18.7 Å². The Morgan fingerprint density at radius 1 is 1.04 bits per heavy atom. The highest BCUT2D eigenvalue weighted by atomic mass is 16.5. The first-order valence-electron chi connectivity index (χ1n) is 8.21. The molecule has 0 aliphatic heterocycles. The molecule has 6 heteroatoms. The lowest BCUT2D eigenvalue weighted by molar-refractivity contribution is -0.137. The van der Waals surface area contributed by atoms with Crippen molar-refractivity contribution < 1.29 is 24.2 Å². The van der Waals surface area contributed by atoms with Gasteiger partial charge in [-0.2, -0.15) is 0 Å². The third-order valence-electron chi connectivity index (χ3n) is 4.01. The molecular formula is C20H23NO5. The highest BCUT2D eigenvalue weighted by molar-refractivity contribution is 5.80. The molecule has 2 aromatic rings. The summed E-state index contributed by atoms with van der Waals surface area (Å²) in [4.78, 5) is 23.6. The average Bonchev–Trinajstić information content (AvgIpc) is 2.62. The molecule has 0 aromatic heterocycles. The van der Waals surface area contributed by atoms with Crippen LogP contribution < -0.4 is 14.8 Å². The van der Waals surface area contributed by atoms with E-state index in [1.807, 2.05) is 31.2 Å². The standard InChI is InChI=1S/C20H23NO5/c1-13-4-6-14(7-5-13)10-19(22)21-16(12-20(23)24)15-8-9-17(25-2)18(11-15)26-3/h4-9,11,16H,10,12H2,1-3H3,(H,21,22)(H,23,24). The number of aliphatic carboxylic acids is 1. The lowest BCUT2D eigenvalue weighted by Gasteiger charge is -2.19. The molecule has 0 fully saturated rings. The molecule has 0 aliphatic carbocycles. The average molecular weight is 357 g/mol. The van der Waals surface area contributed by atoms with Gasteiger partial charge in [0.15, 0.2) is 11.5 Å². The van der Waals surface area contributed by atoms with Crippen LogP contribution in [0.15, 0.2) is 42.5 Å². The van der Waals surface area contributed by atoms with Crippen molar-refractivity contribution in [2.45, 2.75) is 25.8 Å². The monoisotopic (exact) mass is 357 g/mol. The minimum Gasteiger partial charge on any atom is -0.493 e. The fourth-order valence-electron chi connectivity index (χ4n) is 2.63. The molecule has 0 aliphatic rings. The third kappa shape index (κ3) is 5.24. The summed E-state index contributed by atoms with van der Waals surface area (Å²) in [5, 5.41) is 12.0. The van der Waals surface area contributed by atoms with E-state index in [0.29, 0.717) is 17.1 Å². The number of rotatable bonds is 8. The number of carbonyl (C=O) groups is 2. The second kappa shape index (κ2) is 8.89. The SMILES string of the molecule is COc1ccc(C(CC(=O)O)NC(=O)Cc2ccc(C)cc2)cc1OC. The molecule has 2 aromatic carbocycles. The van der Waals surface area contributed by atoms with Crippen LogP contribution in [0.3, 0.4) is 0 Å². The molecule has 138 valence electrons. The number of carboxylic acid groups (broad SMARTS) is 1. The minimum absolute atomic E-state index is 0.184. The van der Waals surface area contributed by atoms with Gasteiger partial charge in [-0.25, -0.2) is 0 Å². The summed E-state index contributed by atoms with van der Waals surface area (Å²) < 4.78 is 10.5. The molecule has 0 heterocycles. The number of carbonyl (C=O) groups excluding carboxylic acids is 1. The van der Waals surface area contributed by atoms with Gasteiger partial charge in [-0.15, -0.1) is 0 Å². The smallest absolute Gasteiger partial charge is 0.305 e. The molecule has 1 atom stereocenters. The predicted molar refractivity (Wildman–Crippen MR) is 97.6 cm³/mol. The molecule has 0 radical (unpaired) electrons. The molecule has 0 bridgehead atoms. The topological polar surface area (TPSA) is 84.9 Å². The molecule has 0 saturated carbocycles. The van der Waals surface area contributed by atoms with Crippen molar-refractivity contribution in [2.75, 3.05) is 14.2 Å². The number of hydrogen-bond donors (Lipinski definition) is 2. The first-order valence-corrected chi connectivity index (χ1v) is 8.21. The Bertz CT molecular complexity index is 770. The van der Waals surface area contributed by atoms with E-state index in [4.69, 9.17) is 9.47 Å². The third-order valence-corrected chi connectivity index (χ3v) is 4.01. The van der Waals surface area contributed by atoms with Crippen LogP contribution in [0, 0.1) is 6.92 Å². The predicted octanol–water partition coefficient (Wildman–Crippen LogP) is 2.89. The van der Waals surface area contributed by atoms with E-state index in [9.17, 15) is 14.7 Å². The van der Waals surface area contributed by atoms with Crippen LogP contribution in [-0.2, 0) is 16.0 Å². The Labute approximate surface area is 152 Å².